The van der Waals surface area contributed by atoms with Crippen molar-refractivity contribution in [3.63, 3.8) is 0 Å². The van der Waals surface area contributed by atoms with E-state index in [-0.39, 0.29) is 24.2 Å². The Labute approximate surface area is 143 Å². The number of hydrogen-bond donors (Lipinski definition) is 1. The summed E-state index contributed by atoms with van der Waals surface area (Å²) >= 11 is 0. The van der Waals surface area contributed by atoms with Crippen LogP contribution in [0.3, 0.4) is 0 Å². The van der Waals surface area contributed by atoms with E-state index < -0.39 is 9.85 Å². The van der Waals surface area contributed by atoms with Crippen LogP contribution >= 0.6 is 12.4 Å². The number of nitrogens with zero attached hydrogens (tertiary/aromatic N) is 6. The molecule has 0 unspecified atom stereocenters. The van der Waals surface area contributed by atoms with E-state index in [1.54, 1.807) is 13.1 Å². The number of aryl methyl sites for hydroxylation is 2. The predicted octanol–water partition coefficient (Wildman–Crippen LogP) is 1.31. The number of imidazole rings is 2. The highest BCUT2D eigenvalue weighted by molar-refractivity contribution is 5.85. The van der Waals surface area contributed by atoms with Crippen molar-refractivity contribution in [2.24, 2.45) is 0 Å². The average Bonchev–Trinajstić information content (AvgIpc) is 3.09. The first-order valence-corrected chi connectivity index (χ1v) is 7.03. The van der Waals surface area contributed by atoms with Crippen LogP contribution in [0.25, 0.3) is 0 Å². The van der Waals surface area contributed by atoms with Crippen LogP contribution in [0.4, 0.5) is 11.8 Å². The molecule has 0 amide bonds. The molecule has 0 atom stereocenters. The normalized spacial score (nSPS) is 10.4. The number of hydrogen-bond acceptors (Lipinski definition) is 7. The number of nitro groups is 2. The fourth-order valence-electron chi connectivity index (χ4n) is 2.22. The standard InChI is InChI=1S/C12H17N7O4.ClH/c1-10-15-9-11(18(20)21)17(10)8-4-13-3-2-6-16-7-5-14-12(16)19(22)23;/h5,7,9,13H,2-4,6,8H2,1H3;1H. The Kier molecular flexibility index (Phi) is 7.27. The van der Waals surface area contributed by atoms with Gasteiger partial charge < -0.3 is 25.5 Å². The molecule has 0 saturated heterocycles. The predicted molar refractivity (Wildman–Crippen MR) is 87.2 cm³/mol. The van der Waals surface area contributed by atoms with Gasteiger partial charge in [-0.25, -0.2) is 14.1 Å². The molecular formula is C12H18ClN7O4. The monoisotopic (exact) mass is 359 g/mol. The summed E-state index contributed by atoms with van der Waals surface area (Å²) in [6.07, 6.45) is 4.89. The first kappa shape index (κ1) is 19.5. The summed E-state index contributed by atoms with van der Waals surface area (Å²) in [5.41, 5.74) is 0. The van der Waals surface area contributed by atoms with Crippen molar-refractivity contribution in [1.82, 2.24) is 24.4 Å². The average molecular weight is 360 g/mol. The summed E-state index contributed by atoms with van der Waals surface area (Å²) in [5, 5.41) is 24.7. The highest BCUT2D eigenvalue weighted by atomic mass is 35.5. The van der Waals surface area contributed by atoms with Gasteiger partial charge in [-0.1, -0.05) is 4.98 Å². The first-order valence-electron chi connectivity index (χ1n) is 7.03. The molecule has 0 aromatic carbocycles. The molecule has 0 saturated carbocycles. The maximum Gasteiger partial charge on any atom is 0.434 e. The van der Waals surface area contributed by atoms with Gasteiger partial charge in [-0.05, 0) is 22.8 Å². The van der Waals surface area contributed by atoms with E-state index in [1.165, 1.54) is 21.5 Å². The van der Waals surface area contributed by atoms with Gasteiger partial charge in [-0.15, -0.1) is 12.4 Å². The summed E-state index contributed by atoms with van der Waals surface area (Å²) in [6, 6.07) is 0. The second-order valence-corrected chi connectivity index (χ2v) is 4.85. The Morgan fingerprint density at radius 2 is 1.92 bits per heavy atom. The van der Waals surface area contributed by atoms with Gasteiger partial charge in [0.2, 0.25) is 0 Å². The summed E-state index contributed by atoms with van der Waals surface area (Å²) in [6.45, 7) is 3.81. The van der Waals surface area contributed by atoms with E-state index in [1.807, 2.05) is 0 Å². The van der Waals surface area contributed by atoms with E-state index in [4.69, 9.17) is 0 Å². The highest BCUT2D eigenvalue weighted by Gasteiger charge is 2.16. The Hall–Kier alpha value is -2.53. The van der Waals surface area contributed by atoms with Gasteiger partial charge in [-0.2, -0.15) is 0 Å². The van der Waals surface area contributed by atoms with Gasteiger partial charge in [0.1, 0.15) is 25.1 Å². The lowest BCUT2D eigenvalue weighted by Crippen LogP contribution is -2.23. The molecule has 2 aromatic rings. The SMILES string of the molecule is Cc1ncc([N+](=O)[O-])n1CCNCCCn1ccnc1[N+](=O)[O-].Cl. The number of halogens is 1. The minimum atomic E-state index is -0.519. The smallest absolute Gasteiger partial charge is 0.390 e. The Morgan fingerprint density at radius 1 is 1.17 bits per heavy atom. The number of nitrogens with one attached hydrogen (secondary N) is 1. The van der Waals surface area contributed by atoms with E-state index in [0.29, 0.717) is 38.4 Å². The van der Waals surface area contributed by atoms with Gasteiger partial charge in [0.05, 0.1) is 6.54 Å². The molecule has 2 aromatic heterocycles. The molecule has 2 rings (SSSR count). The third kappa shape index (κ3) is 4.73. The zero-order chi connectivity index (χ0) is 16.8. The van der Waals surface area contributed by atoms with E-state index >= 15 is 0 Å². The highest BCUT2D eigenvalue weighted by Crippen LogP contribution is 2.12. The van der Waals surface area contributed by atoms with Crippen molar-refractivity contribution in [3.05, 3.63) is 44.6 Å². The second-order valence-electron chi connectivity index (χ2n) is 4.85. The number of rotatable bonds is 9. The van der Waals surface area contributed by atoms with Gasteiger partial charge >= 0.3 is 11.8 Å². The molecule has 1 N–H and O–H groups in total. The summed E-state index contributed by atoms with van der Waals surface area (Å²) < 4.78 is 3.01. The fourth-order valence-corrected chi connectivity index (χ4v) is 2.22. The molecule has 0 aliphatic rings. The summed E-state index contributed by atoms with van der Waals surface area (Å²) in [7, 11) is 0. The molecular weight excluding hydrogens is 342 g/mol. The number of aromatic nitrogens is 4. The second kappa shape index (κ2) is 8.93. The third-order valence-electron chi connectivity index (χ3n) is 3.34. The van der Waals surface area contributed by atoms with Gasteiger partial charge in [0.15, 0.2) is 5.82 Å². The first-order chi connectivity index (χ1) is 11.0. The van der Waals surface area contributed by atoms with E-state index in [2.05, 4.69) is 15.3 Å². The van der Waals surface area contributed by atoms with Crippen LogP contribution < -0.4 is 5.32 Å². The largest absolute Gasteiger partial charge is 0.434 e. The zero-order valence-corrected chi connectivity index (χ0v) is 13.8. The van der Waals surface area contributed by atoms with Crippen LogP contribution in [-0.2, 0) is 13.1 Å². The molecule has 12 heteroatoms. The quantitative estimate of drug-likeness (QED) is 0.405. The lowest BCUT2D eigenvalue weighted by Gasteiger charge is -2.05. The van der Waals surface area contributed by atoms with Gasteiger partial charge in [0.25, 0.3) is 0 Å². The molecule has 0 bridgehead atoms. The van der Waals surface area contributed by atoms with Crippen LogP contribution in [0, 0.1) is 27.2 Å². The fraction of sp³-hybridized carbons (Fsp3) is 0.500. The molecule has 0 fully saturated rings. The Balaban J connectivity index is 0.00000288. The van der Waals surface area contributed by atoms with Crippen LogP contribution in [0.5, 0.6) is 0 Å². The van der Waals surface area contributed by atoms with Crippen molar-refractivity contribution in [1.29, 1.82) is 0 Å². The van der Waals surface area contributed by atoms with Crippen molar-refractivity contribution >= 4 is 24.2 Å². The van der Waals surface area contributed by atoms with Crippen molar-refractivity contribution in [2.45, 2.75) is 26.4 Å². The van der Waals surface area contributed by atoms with Crippen molar-refractivity contribution in [3.8, 4) is 0 Å². The molecule has 132 valence electrons. The molecule has 0 spiro atoms. The topological polar surface area (TPSA) is 134 Å². The van der Waals surface area contributed by atoms with Crippen LogP contribution in [0.2, 0.25) is 0 Å². The lowest BCUT2D eigenvalue weighted by atomic mass is 10.4. The minimum Gasteiger partial charge on any atom is -0.390 e. The molecule has 24 heavy (non-hydrogen) atoms. The maximum absolute atomic E-state index is 10.8. The van der Waals surface area contributed by atoms with Crippen LogP contribution in [0.1, 0.15) is 12.2 Å². The lowest BCUT2D eigenvalue weighted by molar-refractivity contribution is -0.396. The Bertz CT molecular complexity index is 699. The minimum absolute atomic E-state index is 0. The zero-order valence-electron chi connectivity index (χ0n) is 13.0. The molecule has 0 aliphatic carbocycles. The van der Waals surface area contributed by atoms with Crippen LogP contribution in [-0.4, -0.2) is 42.0 Å². The van der Waals surface area contributed by atoms with Crippen LogP contribution in [0.15, 0.2) is 18.6 Å². The van der Waals surface area contributed by atoms with Gasteiger partial charge in [-0.3, -0.25) is 0 Å². The third-order valence-corrected chi connectivity index (χ3v) is 3.34. The summed E-state index contributed by atoms with van der Waals surface area (Å²) in [4.78, 5) is 28.2. The van der Waals surface area contributed by atoms with Crippen molar-refractivity contribution < 1.29 is 9.85 Å². The molecule has 0 radical (unpaired) electrons. The van der Waals surface area contributed by atoms with E-state index in [9.17, 15) is 20.2 Å². The van der Waals surface area contributed by atoms with E-state index in [0.717, 1.165) is 0 Å². The maximum atomic E-state index is 10.8. The van der Waals surface area contributed by atoms with Crippen molar-refractivity contribution in [2.75, 3.05) is 13.1 Å². The molecule has 11 nitrogen and oxygen atoms in total. The molecule has 0 aliphatic heterocycles. The summed E-state index contributed by atoms with van der Waals surface area (Å²) in [5.74, 6) is 0.389. The molecule has 2 heterocycles. The van der Waals surface area contributed by atoms with Gasteiger partial charge in [0, 0.05) is 13.5 Å². The Morgan fingerprint density at radius 3 is 2.58 bits per heavy atom.